The van der Waals surface area contributed by atoms with Crippen molar-refractivity contribution in [2.24, 2.45) is 10.7 Å². The van der Waals surface area contributed by atoms with E-state index in [9.17, 15) is 4.79 Å². The number of hydrogen-bond acceptors (Lipinski definition) is 8. The molecule has 0 saturated heterocycles. The summed E-state index contributed by atoms with van der Waals surface area (Å²) in [6.07, 6.45) is 6.55. The molecule has 2 aliphatic rings. The smallest absolute Gasteiger partial charge is 0.283 e. The van der Waals surface area contributed by atoms with E-state index in [1.165, 1.54) is 0 Å². The molecule has 5 rings (SSSR count). The first-order valence-electron chi connectivity index (χ1n) is 10.5. The summed E-state index contributed by atoms with van der Waals surface area (Å²) in [6, 6.07) is 11.5. The largest absolute Gasteiger partial charge is 0.462 e. The molecule has 8 heteroatoms. The Bertz CT molecular complexity index is 1210. The van der Waals surface area contributed by atoms with Crippen LogP contribution in [-0.2, 0) is 10.3 Å². The summed E-state index contributed by atoms with van der Waals surface area (Å²) in [5.41, 5.74) is 8.76. The van der Waals surface area contributed by atoms with Crippen molar-refractivity contribution in [3.8, 4) is 22.6 Å². The fraction of sp³-hybridized carbons (Fsp3) is 0.250. The van der Waals surface area contributed by atoms with E-state index in [-0.39, 0.29) is 25.0 Å². The van der Waals surface area contributed by atoms with Gasteiger partial charge >= 0.3 is 0 Å². The Morgan fingerprint density at radius 1 is 1.09 bits per heavy atom. The van der Waals surface area contributed by atoms with E-state index in [2.05, 4.69) is 15.0 Å². The van der Waals surface area contributed by atoms with E-state index in [1.807, 2.05) is 30.3 Å². The summed E-state index contributed by atoms with van der Waals surface area (Å²) < 4.78 is 11.7. The number of fused-ring (bicyclic) bond motifs is 4. The Morgan fingerprint density at radius 2 is 1.97 bits per heavy atom. The number of aromatic nitrogens is 2. The Balaban J connectivity index is 1.61. The molecular weight excluding hydrogens is 408 g/mol. The maximum atomic E-state index is 12.7. The second kappa shape index (κ2) is 8.05. The third kappa shape index (κ3) is 3.38. The van der Waals surface area contributed by atoms with Crippen molar-refractivity contribution in [1.29, 1.82) is 0 Å². The number of carbonyl (C=O) groups excluding carboxylic acids is 1. The highest BCUT2D eigenvalue weighted by Crippen LogP contribution is 2.51. The van der Waals surface area contributed by atoms with Crippen molar-refractivity contribution in [3.63, 3.8) is 0 Å². The van der Waals surface area contributed by atoms with Crippen LogP contribution >= 0.6 is 0 Å². The number of aliphatic hydroxyl groups is 1. The van der Waals surface area contributed by atoms with Gasteiger partial charge in [-0.15, -0.1) is 0 Å². The van der Waals surface area contributed by atoms with Crippen LogP contribution in [0.3, 0.4) is 0 Å². The molecule has 1 atom stereocenters. The zero-order chi connectivity index (χ0) is 22.1. The molecule has 4 heterocycles. The second-order valence-electron chi connectivity index (χ2n) is 7.82. The number of benzene rings is 1. The number of nitrogens with two attached hydrogens (primary N) is 1. The first-order valence-corrected chi connectivity index (χ1v) is 10.5. The fourth-order valence-electron chi connectivity index (χ4n) is 4.15. The molecule has 3 N–H and O–H groups in total. The van der Waals surface area contributed by atoms with Gasteiger partial charge in [0.15, 0.2) is 17.1 Å². The van der Waals surface area contributed by atoms with Crippen LogP contribution in [0.15, 0.2) is 60.0 Å². The van der Waals surface area contributed by atoms with Crippen LogP contribution in [0.4, 0.5) is 0 Å². The molecule has 32 heavy (non-hydrogen) atoms. The molecule has 0 fully saturated rings. The number of pyridine rings is 2. The minimum atomic E-state index is -0.936. The Labute approximate surface area is 184 Å². The van der Waals surface area contributed by atoms with Gasteiger partial charge in [0.25, 0.3) is 6.02 Å². The first kappa shape index (κ1) is 20.1. The lowest BCUT2D eigenvalue weighted by atomic mass is 9.80. The van der Waals surface area contributed by atoms with Gasteiger partial charge in [0.1, 0.15) is 18.1 Å². The molecular formula is C24H22N4O4. The molecule has 2 aliphatic heterocycles. The Hall–Kier alpha value is -3.78. The van der Waals surface area contributed by atoms with E-state index >= 15 is 0 Å². The van der Waals surface area contributed by atoms with Crippen molar-refractivity contribution in [3.05, 3.63) is 71.8 Å². The van der Waals surface area contributed by atoms with Crippen molar-refractivity contribution in [2.45, 2.75) is 24.8 Å². The molecule has 2 aromatic heterocycles. The van der Waals surface area contributed by atoms with Crippen LogP contribution in [0.2, 0.25) is 0 Å². The topological polar surface area (TPSA) is 120 Å². The number of aliphatic hydroxyl groups excluding tert-OH is 1. The van der Waals surface area contributed by atoms with Gasteiger partial charge in [0, 0.05) is 42.1 Å². The van der Waals surface area contributed by atoms with Gasteiger partial charge in [-0.3, -0.25) is 9.78 Å². The number of rotatable bonds is 6. The summed E-state index contributed by atoms with van der Waals surface area (Å²) in [4.78, 5) is 25.9. The highest BCUT2D eigenvalue weighted by Gasteiger charge is 2.47. The summed E-state index contributed by atoms with van der Waals surface area (Å²) in [7, 11) is 0. The van der Waals surface area contributed by atoms with Crippen LogP contribution in [0, 0.1) is 0 Å². The van der Waals surface area contributed by atoms with Gasteiger partial charge in [0.2, 0.25) is 0 Å². The lowest BCUT2D eigenvalue weighted by Gasteiger charge is -2.33. The molecule has 0 bridgehead atoms. The predicted molar refractivity (Wildman–Crippen MR) is 118 cm³/mol. The van der Waals surface area contributed by atoms with Gasteiger partial charge in [-0.25, -0.2) is 9.98 Å². The minimum absolute atomic E-state index is 0.0588. The molecule has 3 aromatic rings. The van der Waals surface area contributed by atoms with E-state index < -0.39 is 5.54 Å². The Morgan fingerprint density at radius 3 is 2.72 bits per heavy atom. The molecule has 0 amide bonds. The lowest BCUT2D eigenvalue weighted by molar-refractivity contribution is 0.0972. The van der Waals surface area contributed by atoms with Crippen LogP contribution < -0.4 is 10.5 Å². The number of unbranched alkanes of at least 4 members (excludes halogenated alkanes) is 1. The number of aliphatic imine (C=N–C) groups is 1. The molecule has 8 nitrogen and oxygen atoms in total. The molecule has 1 spiro atoms. The Kier molecular flexibility index (Phi) is 5.07. The van der Waals surface area contributed by atoms with Gasteiger partial charge in [-0.2, -0.15) is 0 Å². The van der Waals surface area contributed by atoms with Gasteiger partial charge in [0.05, 0.1) is 6.20 Å². The van der Waals surface area contributed by atoms with E-state index in [4.69, 9.17) is 20.3 Å². The van der Waals surface area contributed by atoms with Crippen molar-refractivity contribution >= 4 is 11.8 Å². The van der Waals surface area contributed by atoms with Gasteiger partial charge in [-0.1, -0.05) is 12.1 Å². The standard InChI is InChI=1S/C24H22N4O4/c25-23-28-24(14-31-23)17-10-15(16-4-3-8-26-12-16)6-7-21(17)32-22-13-27-19(11-18(22)24)20(30)5-1-2-9-29/h3-4,6-8,10-13,29H,1-2,5,9,14H2,(H2,25,28)/t24-/m0/s1. The summed E-state index contributed by atoms with van der Waals surface area (Å²) >= 11 is 0. The van der Waals surface area contributed by atoms with Crippen LogP contribution in [0.5, 0.6) is 11.5 Å². The fourth-order valence-corrected chi connectivity index (χ4v) is 4.15. The third-order valence-electron chi connectivity index (χ3n) is 5.78. The zero-order valence-corrected chi connectivity index (χ0v) is 17.3. The van der Waals surface area contributed by atoms with E-state index in [0.717, 1.165) is 16.7 Å². The minimum Gasteiger partial charge on any atom is -0.462 e. The predicted octanol–water partition coefficient (Wildman–Crippen LogP) is 3.18. The molecule has 0 saturated carbocycles. The van der Waals surface area contributed by atoms with Crippen molar-refractivity contribution in [2.75, 3.05) is 13.2 Å². The number of amidine groups is 1. The molecule has 0 unspecified atom stereocenters. The number of Topliss-reactive ketones (excluding diaryl/α,β-unsaturated/α-hetero) is 1. The first-order chi connectivity index (χ1) is 15.6. The quantitative estimate of drug-likeness (QED) is 0.455. The average Bonchev–Trinajstić information content (AvgIpc) is 3.22. The molecule has 162 valence electrons. The van der Waals surface area contributed by atoms with Gasteiger partial charge < -0.3 is 20.3 Å². The maximum absolute atomic E-state index is 12.7. The van der Waals surface area contributed by atoms with Gasteiger partial charge in [-0.05, 0) is 42.7 Å². The number of ketones is 1. The van der Waals surface area contributed by atoms with Crippen LogP contribution in [0.25, 0.3) is 11.1 Å². The molecule has 0 radical (unpaired) electrons. The summed E-state index contributed by atoms with van der Waals surface area (Å²) in [6.45, 7) is 0.254. The number of carbonyl (C=O) groups is 1. The average molecular weight is 430 g/mol. The van der Waals surface area contributed by atoms with E-state index in [0.29, 0.717) is 42.0 Å². The van der Waals surface area contributed by atoms with Crippen molar-refractivity contribution < 1.29 is 19.4 Å². The molecule has 1 aromatic carbocycles. The highest BCUT2D eigenvalue weighted by atomic mass is 16.5. The second-order valence-corrected chi connectivity index (χ2v) is 7.82. The number of nitrogens with zero attached hydrogens (tertiary/aromatic N) is 3. The monoisotopic (exact) mass is 430 g/mol. The molecule has 0 aliphatic carbocycles. The lowest BCUT2D eigenvalue weighted by Crippen LogP contribution is -2.31. The van der Waals surface area contributed by atoms with Crippen LogP contribution in [-0.4, -0.2) is 40.1 Å². The third-order valence-corrected chi connectivity index (χ3v) is 5.78. The summed E-state index contributed by atoms with van der Waals surface area (Å²) in [5, 5.41) is 8.98. The van der Waals surface area contributed by atoms with Crippen molar-refractivity contribution in [1.82, 2.24) is 9.97 Å². The number of ether oxygens (including phenoxy) is 2. The number of hydrogen-bond donors (Lipinski definition) is 2. The van der Waals surface area contributed by atoms with E-state index in [1.54, 1.807) is 24.7 Å². The zero-order valence-electron chi connectivity index (χ0n) is 17.3. The maximum Gasteiger partial charge on any atom is 0.283 e. The SMILES string of the molecule is NC1=N[C@@]2(CO1)c1cc(-c3cccnc3)ccc1Oc1cnc(C(=O)CCCCO)cc12. The van der Waals surface area contributed by atoms with Crippen LogP contribution in [0.1, 0.15) is 40.9 Å². The normalized spacial score (nSPS) is 18.3. The highest BCUT2D eigenvalue weighted by molar-refractivity contribution is 5.94. The summed E-state index contributed by atoms with van der Waals surface area (Å²) in [5.74, 6) is 1.05.